The Labute approximate surface area is 149 Å². The molecule has 0 radical (unpaired) electrons. The Morgan fingerprint density at radius 1 is 1.00 bits per heavy atom. The lowest BCUT2D eigenvalue weighted by molar-refractivity contribution is -0.394. The summed E-state index contributed by atoms with van der Waals surface area (Å²) in [4.78, 5) is 22.5. The Morgan fingerprint density at radius 2 is 1.89 bits per heavy atom. The number of benzene rings is 1. The summed E-state index contributed by atoms with van der Waals surface area (Å²) >= 11 is 0. The van der Waals surface area contributed by atoms with Crippen LogP contribution in [0, 0.1) is 10.1 Å². The van der Waals surface area contributed by atoms with E-state index in [9.17, 15) is 10.1 Å². The van der Waals surface area contributed by atoms with Crippen molar-refractivity contribution < 1.29 is 4.92 Å². The van der Waals surface area contributed by atoms with E-state index in [1.807, 2.05) is 24.3 Å². The van der Waals surface area contributed by atoms with Crippen molar-refractivity contribution in [2.45, 2.75) is 6.67 Å². The monoisotopic (exact) mass is 362 g/mol. The van der Waals surface area contributed by atoms with E-state index in [0.717, 1.165) is 10.9 Å². The maximum atomic E-state index is 10.7. The summed E-state index contributed by atoms with van der Waals surface area (Å²) in [6.07, 6.45) is 4.60. The van der Waals surface area contributed by atoms with Crippen molar-refractivity contribution in [1.82, 2.24) is 44.1 Å². The molecule has 0 aliphatic rings. The number of hydrogen-bond donors (Lipinski definition) is 0. The van der Waals surface area contributed by atoms with Gasteiger partial charge in [0.15, 0.2) is 12.3 Å². The second-order valence-electron chi connectivity index (χ2n) is 5.69. The maximum absolute atomic E-state index is 10.7. The summed E-state index contributed by atoms with van der Waals surface area (Å²) in [7, 11) is 0. The Hall–Kier alpha value is -4.22. The molecule has 0 saturated carbocycles. The predicted octanol–water partition coefficient (Wildman–Crippen LogP) is 1.15. The fourth-order valence-corrected chi connectivity index (χ4v) is 2.73. The number of aromatic nitrogens is 9. The van der Waals surface area contributed by atoms with Crippen LogP contribution in [0.3, 0.4) is 0 Å². The molecule has 0 N–H and O–H groups in total. The van der Waals surface area contributed by atoms with Gasteiger partial charge in [0, 0.05) is 16.7 Å². The van der Waals surface area contributed by atoms with Gasteiger partial charge in [0.2, 0.25) is 12.2 Å². The Balaban J connectivity index is 1.48. The molecule has 0 spiro atoms. The van der Waals surface area contributed by atoms with Crippen molar-refractivity contribution in [3.8, 4) is 11.5 Å². The van der Waals surface area contributed by atoms with Gasteiger partial charge in [-0.2, -0.15) is 9.78 Å². The van der Waals surface area contributed by atoms with Crippen molar-refractivity contribution in [1.29, 1.82) is 0 Å². The molecule has 12 nitrogen and oxygen atoms in total. The first-order chi connectivity index (χ1) is 13.2. The minimum Gasteiger partial charge on any atom is -0.390 e. The molecule has 0 fully saturated rings. The molecule has 0 unspecified atom stereocenters. The fourth-order valence-electron chi connectivity index (χ4n) is 2.73. The standard InChI is InChI=1S/C15H10N10O2/c26-25(27)15-17-7-23(21-15)9-22-6-5-12(19-22)13-18-14-10-3-1-2-4-11(10)16-8-24(14)20-13/h1-8H,9H2. The predicted molar refractivity (Wildman–Crippen MR) is 91.6 cm³/mol. The summed E-state index contributed by atoms with van der Waals surface area (Å²) in [5.74, 6) is 0.000231. The maximum Gasteiger partial charge on any atom is 0.491 e. The third-order valence-electron chi connectivity index (χ3n) is 3.93. The molecule has 132 valence electrons. The summed E-state index contributed by atoms with van der Waals surface area (Å²) < 4.78 is 4.50. The summed E-state index contributed by atoms with van der Waals surface area (Å²) in [6, 6.07) is 9.45. The molecule has 4 aromatic heterocycles. The van der Waals surface area contributed by atoms with Gasteiger partial charge in [-0.15, -0.1) is 5.10 Å². The van der Waals surface area contributed by atoms with Crippen LogP contribution in [0.1, 0.15) is 0 Å². The molecule has 0 amide bonds. The normalized spacial score (nSPS) is 11.4. The number of hydrogen-bond acceptors (Lipinski definition) is 8. The number of nitrogens with zero attached hydrogens (tertiary/aromatic N) is 10. The molecule has 1 aromatic carbocycles. The van der Waals surface area contributed by atoms with E-state index in [4.69, 9.17) is 0 Å². The number of nitro groups is 1. The lowest BCUT2D eigenvalue weighted by Crippen LogP contribution is -2.09. The molecule has 12 heteroatoms. The Bertz CT molecular complexity index is 1300. The summed E-state index contributed by atoms with van der Waals surface area (Å²) in [5.41, 5.74) is 2.09. The van der Waals surface area contributed by atoms with Crippen LogP contribution in [-0.4, -0.2) is 49.1 Å². The molecular formula is C15H10N10O2. The second kappa shape index (κ2) is 5.66. The average Bonchev–Trinajstić information content (AvgIpc) is 3.41. The average molecular weight is 362 g/mol. The minimum absolute atomic E-state index is 0.179. The molecule has 5 rings (SSSR count). The fraction of sp³-hybridized carbons (Fsp3) is 0.0667. The van der Waals surface area contributed by atoms with Gasteiger partial charge in [0.25, 0.3) is 0 Å². The van der Waals surface area contributed by atoms with E-state index >= 15 is 0 Å². The van der Waals surface area contributed by atoms with Crippen molar-refractivity contribution in [3.63, 3.8) is 0 Å². The van der Waals surface area contributed by atoms with Gasteiger partial charge in [-0.05, 0) is 23.1 Å². The van der Waals surface area contributed by atoms with Crippen molar-refractivity contribution in [2.75, 3.05) is 0 Å². The first-order valence-electron chi connectivity index (χ1n) is 7.85. The van der Waals surface area contributed by atoms with Crippen LogP contribution in [-0.2, 0) is 6.67 Å². The quantitative estimate of drug-likeness (QED) is 0.343. The van der Waals surface area contributed by atoms with E-state index in [2.05, 4.69) is 30.2 Å². The SMILES string of the molecule is O=[N+]([O-])c1ncn(Cn2ccc(-c3nc4c5ccccc5ncn4n3)n2)n1. The molecular weight excluding hydrogens is 352 g/mol. The zero-order chi connectivity index (χ0) is 18.4. The van der Waals surface area contributed by atoms with Crippen LogP contribution in [0.4, 0.5) is 5.95 Å². The van der Waals surface area contributed by atoms with Gasteiger partial charge in [-0.25, -0.2) is 19.2 Å². The lowest BCUT2D eigenvalue weighted by Gasteiger charge is -1.96. The molecule has 0 aliphatic carbocycles. The number of para-hydroxylation sites is 1. The Kier molecular flexibility index (Phi) is 3.16. The van der Waals surface area contributed by atoms with Gasteiger partial charge in [0.05, 0.1) is 5.52 Å². The first-order valence-corrected chi connectivity index (χ1v) is 7.85. The van der Waals surface area contributed by atoms with Gasteiger partial charge in [-0.3, -0.25) is 0 Å². The van der Waals surface area contributed by atoms with Crippen molar-refractivity contribution in [3.05, 3.63) is 59.3 Å². The van der Waals surface area contributed by atoms with Gasteiger partial charge in [0.1, 0.15) is 12.0 Å². The highest BCUT2D eigenvalue weighted by atomic mass is 16.6. The third-order valence-corrected chi connectivity index (χ3v) is 3.93. The molecule has 27 heavy (non-hydrogen) atoms. The van der Waals surface area contributed by atoms with Crippen LogP contribution < -0.4 is 0 Å². The van der Waals surface area contributed by atoms with Gasteiger partial charge < -0.3 is 10.1 Å². The Morgan fingerprint density at radius 3 is 2.74 bits per heavy atom. The molecule has 5 aromatic rings. The summed E-state index contributed by atoms with van der Waals surface area (Å²) in [6.45, 7) is 0.179. The van der Waals surface area contributed by atoms with Crippen molar-refractivity contribution >= 4 is 22.5 Å². The number of rotatable bonds is 4. The highest BCUT2D eigenvalue weighted by Gasteiger charge is 2.15. The smallest absolute Gasteiger partial charge is 0.390 e. The topological polar surface area (TPSA) is 135 Å². The van der Waals surface area contributed by atoms with Gasteiger partial charge in [-0.1, -0.05) is 17.1 Å². The van der Waals surface area contributed by atoms with Crippen LogP contribution >= 0.6 is 0 Å². The molecule has 4 heterocycles. The van der Waals surface area contributed by atoms with E-state index in [1.54, 1.807) is 27.8 Å². The number of fused-ring (bicyclic) bond motifs is 3. The molecule has 0 saturated heterocycles. The van der Waals surface area contributed by atoms with E-state index in [0.29, 0.717) is 17.2 Å². The second-order valence-corrected chi connectivity index (χ2v) is 5.69. The highest BCUT2D eigenvalue weighted by Crippen LogP contribution is 2.19. The summed E-state index contributed by atoms with van der Waals surface area (Å²) in [5, 5.41) is 24.1. The van der Waals surface area contributed by atoms with Crippen molar-refractivity contribution in [2.24, 2.45) is 0 Å². The molecule has 0 bridgehead atoms. The minimum atomic E-state index is -0.649. The van der Waals surface area contributed by atoms with Gasteiger partial charge >= 0.3 is 5.95 Å². The van der Waals surface area contributed by atoms with Crippen LogP contribution in [0.2, 0.25) is 0 Å². The zero-order valence-electron chi connectivity index (χ0n) is 13.6. The van der Waals surface area contributed by atoms with E-state index in [-0.39, 0.29) is 6.67 Å². The first kappa shape index (κ1) is 15.1. The largest absolute Gasteiger partial charge is 0.491 e. The van der Waals surface area contributed by atoms with Crippen LogP contribution in [0.25, 0.3) is 28.1 Å². The molecule has 0 aliphatic heterocycles. The highest BCUT2D eigenvalue weighted by molar-refractivity contribution is 5.91. The third kappa shape index (κ3) is 2.55. The van der Waals surface area contributed by atoms with E-state index in [1.165, 1.54) is 11.0 Å². The zero-order valence-corrected chi connectivity index (χ0v) is 13.6. The van der Waals surface area contributed by atoms with Crippen LogP contribution in [0.5, 0.6) is 0 Å². The molecule has 0 atom stereocenters. The van der Waals surface area contributed by atoms with Crippen LogP contribution in [0.15, 0.2) is 49.2 Å². The van der Waals surface area contributed by atoms with E-state index < -0.39 is 10.9 Å². The lowest BCUT2D eigenvalue weighted by atomic mass is 10.2.